The van der Waals surface area contributed by atoms with Gasteiger partial charge < -0.3 is 4.74 Å². The Kier molecular flexibility index (Phi) is 4.27. The molecule has 1 rings (SSSR count). The average molecular weight is 235 g/mol. The molecular weight excluding hydrogens is 218 g/mol. The van der Waals surface area contributed by atoms with Crippen molar-refractivity contribution in [2.24, 2.45) is 13.0 Å². The second-order valence-corrected chi connectivity index (χ2v) is 3.92. The summed E-state index contributed by atoms with van der Waals surface area (Å²) in [5.41, 5.74) is 1.14. The highest BCUT2D eigenvalue weighted by atomic mass is 16.5. The number of nitriles is 1. The SMILES string of the molecule is CCC(CC#N)C(=O)c1c(C)nn(C)c1OC. The third-order valence-corrected chi connectivity index (χ3v) is 2.81. The molecule has 0 saturated carbocycles. The fourth-order valence-electron chi connectivity index (χ4n) is 1.89. The summed E-state index contributed by atoms with van der Waals surface area (Å²) in [5, 5.41) is 12.9. The topological polar surface area (TPSA) is 67.9 Å². The molecule has 17 heavy (non-hydrogen) atoms. The van der Waals surface area contributed by atoms with E-state index in [4.69, 9.17) is 10.00 Å². The number of ether oxygens (including phenoxy) is 1. The zero-order valence-electron chi connectivity index (χ0n) is 10.6. The van der Waals surface area contributed by atoms with Crippen molar-refractivity contribution in [1.29, 1.82) is 5.26 Å². The molecule has 1 heterocycles. The molecule has 0 bridgehead atoms. The molecule has 0 aromatic carbocycles. The molecule has 0 saturated heterocycles. The van der Waals surface area contributed by atoms with Gasteiger partial charge >= 0.3 is 0 Å². The highest BCUT2D eigenvalue weighted by Gasteiger charge is 2.26. The highest BCUT2D eigenvalue weighted by Crippen LogP contribution is 2.26. The van der Waals surface area contributed by atoms with E-state index >= 15 is 0 Å². The number of ketones is 1. The van der Waals surface area contributed by atoms with Gasteiger partial charge in [-0.25, -0.2) is 4.68 Å². The van der Waals surface area contributed by atoms with Crippen LogP contribution < -0.4 is 4.74 Å². The zero-order chi connectivity index (χ0) is 13.0. The molecule has 1 atom stereocenters. The molecule has 5 heteroatoms. The molecule has 0 N–H and O–H groups in total. The molecule has 5 nitrogen and oxygen atoms in total. The van der Waals surface area contributed by atoms with Gasteiger partial charge in [-0.3, -0.25) is 4.79 Å². The molecule has 0 spiro atoms. The maximum absolute atomic E-state index is 12.3. The molecule has 0 amide bonds. The second kappa shape index (κ2) is 5.48. The fraction of sp³-hybridized carbons (Fsp3) is 0.583. The first-order chi connectivity index (χ1) is 8.06. The van der Waals surface area contributed by atoms with Crippen molar-refractivity contribution in [3.05, 3.63) is 11.3 Å². The number of aromatic nitrogens is 2. The minimum Gasteiger partial charge on any atom is -0.481 e. The maximum Gasteiger partial charge on any atom is 0.222 e. The number of carbonyl (C=O) groups excluding carboxylic acids is 1. The number of aryl methyl sites for hydroxylation is 2. The molecule has 0 radical (unpaired) electrons. The van der Waals surface area contributed by atoms with Gasteiger partial charge in [0.15, 0.2) is 5.78 Å². The lowest BCUT2D eigenvalue weighted by molar-refractivity contribution is 0.0914. The van der Waals surface area contributed by atoms with Crippen molar-refractivity contribution in [3.63, 3.8) is 0 Å². The van der Waals surface area contributed by atoms with Crippen LogP contribution in [-0.4, -0.2) is 22.7 Å². The van der Waals surface area contributed by atoms with Crippen molar-refractivity contribution in [2.75, 3.05) is 7.11 Å². The maximum atomic E-state index is 12.3. The Morgan fingerprint density at radius 1 is 1.65 bits per heavy atom. The Hall–Kier alpha value is -1.83. The third-order valence-electron chi connectivity index (χ3n) is 2.81. The van der Waals surface area contributed by atoms with E-state index in [1.165, 1.54) is 7.11 Å². The first kappa shape index (κ1) is 13.2. The summed E-state index contributed by atoms with van der Waals surface area (Å²) in [4.78, 5) is 12.3. The lowest BCUT2D eigenvalue weighted by Crippen LogP contribution is -2.15. The van der Waals surface area contributed by atoms with E-state index in [0.29, 0.717) is 23.6 Å². The minimum atomic E-state index is -0.281. The molecule has 0 aliphatic heterocycles. The van der Waals surface area contributed by atoms with E-state index < -0.39 is 0 Å². The monoisotopic (exact) mass is 235 g/mol. The minimum absolute atomic E-state index is 0.0588. The lowest BCUT2D eigenvalue weighted by Gasteiger charge is -2.10. The number of hydrogen-bond acceptors (Lipinski definition) is 4. The standard InChI is InChI=1S/C12H17N3O2/c1-5-9(6-7-13)11(16)10-8(2)14-15(3)12(10)17-4/h9H,5-6H2,1-4H3. The van der Waals surface area contributed by atoms with E-state index in [0.717, 1.165) is 0 Å². The molecule has 1 unspecified atom stereocenters. The molecule has 1 aromatic rings. The number of rotatable bonds is 5. The molecule has 92 valence electrons. The van der Waals surface area contributed by atoms with E-state index in [9.17, 15) is 4.79 Å². The van der Waals surface area contributed by atoms with Crippen LogP contribution in [0, 0.1) is 24.2 Å². The van der Waals surface area contributed by atoms with Crippen molar-refractivity contribution < 1.29 is 9.53 Å². The quantitative estimate of drug-likeness (QED) is 0.730. The van der Waals surface area contributed by atoms with Crippen LogP contribution in [0.15, 0.2) is 0 Å². The number of Topliss-reactive ketones (excluding diaryl/α,β-unsaturated/α-hetero) is 1. The van der Waals surface area contributed by atoms with Crippen LogP contribution in [0.3, 0.4) is 0 Å². The van der Waals surface area contributed by atoms with Crippen LogP contribution in [0.25, 0.3) is 0 Å². The van der Waals surface area contributed by atoms with Crippen LogP contribution in [0.4, 0.5) is 0 Å². The average Bonchev–Trinajstić information content (AvgIpc) is 2.59. The number of methoxy groups -OCH3 is 1. The van der Waals surface area contributed by atoms with Gasteiger partial charge in [0, 0.05) is 19.4 Å². The van der Waals surface area contributed by atoms with Crippen molar-refractivity contribution >= 4 is 5.78 Å². The van der Waals surface area contributed by atoms with Crippen LogP contribution in [0.2, 0.25) is 0 Å². The van der Waals surface area contributed by atoms with Gasteiger partial charge in [0.25, 0.3) is 0 Å². The Morgan fingerprint density at radius 2 is 2.29 bits per heavy atom. The Balaban J connectivity index is 3.15. The molecular formula is C12H17N3O2. The lowest BCUT2D eigenvalue weighted by atomic mass is 9.93. The fourth-order valence-corrected chi connectivity index (χ4v) is 1.89. The molecule has 0 aliphatic carbocycles. The molecule has 0 fully saturated rings. The number of hydrogen-bond donors (Lipinski definition) is 0. The van der Waals surface area contributed by atoms with Crippen LogP contribution in [0.5, 0.6) is 5.88 Å². The van der Waals surface area contributed by atoms with E-state index in [2.05, 4.69) is 5.10 Å². The van der Waals surface area contributed by atoms with Crippen LogP contribution in [-0.2, 0) is 7.05 Å². The summed E-state index contributed by atoms with van der Waals surface area (Å²) < 4.78 is 6.73. The highest BCUT2D eigenvalue weighted by molar-refractivity contribution is 6.01. The summed E-state index contributed by atoms with van der Waals surface area (Å²) in [6, 6.07) is 2.04. The van der Waals surface area contributed by atoms with E-state index in [1.807, 2.05) is 13.0 Å². The summed E-state index contributed by atoms with van der Waals surface area (Å²) in [5.74, 6) is 0.122. The van der Waals surface area contributed by atoms with Gasteiger partial charge in [-0.2, -0.15) is 10.4 Å². The summed E-state index contributed by atoms with van der Waals surface area (Å²) in [6.07, 6.45) is 0.872. The Morgan fingerprint density at radius 3 is 2.76 bits per heavy atom. The van der Waals surface area contributed by atoms with Crippen molar-refractivity contribution in [1.82, 2.24) is 9.78 Å². The van der Waals surface area contributed by atoms with Gasteiger partial charge in [0.2, 0.25) is 5.88 Å². The van der Waals surface area contributed by atoms with Gasteiger partial charge in [-0.15, -0.1) is 0 Å². The Labute approximate surface area is 101 Å². The first-order valence-corrected chi connectivity index (χ1v) is 5.55. The Bertz CT molecular complexity index is 457. The third kappa shape index (κ3) is 2.47. The van der Waals surface area contributed by atoms with E-state index in [-0.39, 0.29) is 18.1 Å². The van der Waals surface area contributed by atoms with Gasteiger partial charge in [0.05, 0.1) is 18.9 Å². The summed E-state index contributed by atoms with van der Waals surface area (Å²) >= 11 is 0. The first-order valence-electron chi connectivity index (χ1n) is 5.55. The van der Waals surface area contributed by atoms with Gasteiger partial charge in [0.1, 0.15) is 5.56 Å². The normalized spacial score (nSPS) is 11.9. The smallest absolute Gasteiger partial charge is 0.222 e. The van der Waals surface area contributed by atoms with Crippen molar-refractivity contribution in [2.45, 2.75) is 26.7 Å². The van der Waals surface area contributed by atoms with E-state index in [1.54, 1.807) is 18.7 Å². The van der Waals surface area contributed by atoms with Crippen LogP contribution in [0.1, 0.15) is 35.8 Å². The number of carbonyl (C=O) groups is 1. The predicted octanol–water partition coefficient (Wildman–Crippen LogP) is 1.86. The number of nitrogens with zero attached hydrogens (tertiary/aromatic N) is 3. The molecule has 0 aliphatic rings. The zero-order valence-corrected chi connectivity index (χ0v) is 10.6. The van der Waals surface area contributed by atoms with Gasteiger partial charge in [-0.1, -0.05) is 6.92 Å². The summed E-state index contributed by atoms with van der Waals surface area (Å²) in [7, 11) is 3.24. The van der Waals surface area contributed by atoms with Gasteiger partial charge in [-0.05, 0) is 13.3 Å². The largest absolute Gasteiger partial charge is 0.481 e. The summed E-state index contributed by atoms with van der Waals surface area (Å²) in [6.45, 7) is 3.67. The predicted molar refractivity (Wildman–Crippen MR) is 62.8 cm³/mol. The van der Waals surface area contributed by atoms with Crippen LogP contribution >= 0.6 is 0 Å². The molecule has 1 aromatic heterocycles. The van der Waals surface area contributed by atoms with Crippen molar-refractivity contribution in [3.8, 4) is 11.9 Å². The second-order valence-electron chi connectivity index (χ2n) is 3.92.